The van der Waals surface area contributed by atoms with E-state index in [2.05, 4.69) is 5.32 Å². The molecule has 5 heteroatoms. The van der Waals surface area contributed by atoms with Crippen LogP contribution in [0.25, 0.3) is 0 Å². The van der Waals surface area contributed by atoms with E-state index in [-0.39, 0.29) is 6.09 Å². The van der Waals surface area contributed by atoms with Crippen LogP contribution in [-0.2, 0) is 9.47 Å². The van der Waals surface area contributed by atoms with Crippen LogP contribution in [-0.4, -0.2) is 56.5 Å². The molecule has 0 saturated carbocycles. The highest BCUT2D eigenvalue weighted by Crippen LogP contribution is 2.22. The quantitative estimate of drug-likeness (QED) is 0.550. The lowest BCUT2D eigenvalue weighted by Gasteiger charge is -2.23. The molecule has 1 atom stereocenters. The summed E-state index contributed by atoms with van der Waals surface area (Å²) in [5.74, 6) is 0. The first-order valence-electron chi connectivity index (χ1n) is 4.44. The smallest absolute Gasteiger partial charge is 0.410 e. The fourth-order valence-corrected chi connectivity index (χ4v) is 1.73. The molecule has 1 spiro atoms. The molecule has 0 unspecified atom stereocenters. The molecule has 0 aromatic rings. The zero-order valence-corrected chi connectivity index (χ0v) is 7.71. The zero-order valence-electron chi connectivity index (χ0n) is 7.71. The number of nitrogens with one attached hydrogen (secondary N) is 1. The molecule has 0 aromatic heterocycles. The second-order valence-corrected chi connectivity index (χ2v) is 3.64. The van der Waals surface area contributed by atoms with Gasteiger partial charge in [-0.25, -0.2) is 4.79 Å². The van der Waals surface area contributed by atoms with Gasteiger partial charge in [-0.1, -0.05) is 0 Å². The van der Waals surface area contributed by atoms with E-state index in [0.29, 0.717) is 26.3 Å². The Morgan fingerprint density at radius 1 is 1.62 bits per heavy atom. The summed E-state index contributed by atoms with van der Waals surface area (Å²) in [6.07, 6.45) is -0.257. The molecule has 0 radical (unpaired) electrons. The van der Waals surface area contributed by atoms with Gasteiger partial charge in [0.1, 0.15) is 0 Å². The Morgan fingerprint density at radius 2 is 2.46 bits per heavy atom. The number of ether oxygens (including phenoxy) is 2. The Bertz CT molecular complexity index is 211. The number of rotatable bonds is 0. The second kappa shape index (κ2) is 3.16. The lowest BCUT2D eigenvalue weighted by Crippen LogP contribution is -2.45. The van der Waals surface area contributed by atoms with E-state index >= 15 is 0 Å². The third-order valence-corrected chi connectivity index (χ3v) is 2.38. The maximum absolute atomic E-state index is 11.2. The molecule has 2 aliphatic heterocycles. The van der Waals surface area contributed by atoms with Gasteiger partial charge in [0.15, 0.2) is 5.60 Å². The lowest BCUT2D eigenvalue weighted by molar-refractivity contribution is -0.00768. The minimum atomic E-state index is -0.456. The van der Waals surface area contributed by atoms with Crippen LogP contribution in [0.15, 0.2) is 0 Å². The third-order valence-electron chi connectivity index (χ3n) is 2.38. The maximum atomic E-state index is 11.2. The molecule has 2 rings (SSSR count). The molecule has 2 aliphatic rings. The van der Waals surface area contributed by atoms with E-state index in [1.807, 2.05) is 0 Å². The molecular weight excluding hydrogens is 172 g/mol. The highest BCUT2D eigenvalue weighted by molar-refractivity contribution is 5.70. The van der Waals surface area contributed by atoms with Gasteiger partial charge in [-0.05, 0) is 0 Å². The maximum Gasteiger partial charge on any atom is 0.410 e. The van der Waals surface area contributed by atoms with Crippen LogP contribution < -0.4 is 5.32 Å². The topological polar surface area (TPSA) is 50.8 Å². The Hall–Kier alpha value is -0.810. The average Bonchev–Trinajstić information content (AvgIpc) is 2.29. The fraction of sp³-hybridized carbons (Fsp3) is 0.875. The molecule has 0 bridgehead atoms. The zero-order chi connectivity index (χ0) is 9.31. The lowest BCUT2D eigenvalue weighted by atomic mass is 10.1. The number of nitrogens with zero attached hydrogens (tertiary/aromatic N) is 1. The van der Waals surface area contributed by atoms with E-state index in [4.69, 9.17) is 9.47 Å². The van der Waals surface area contributed by atoms with Gasteiger partial charge >= 0.3 is 6.09 Å². The van der Waals surface area contributed by atoms with Crippen molar-refractivity contribution in [1.82, 2.24) is 10.2 Å². The van der Waals surface area contributed by atoms with Crippen molar-refractivity contribution in [3.8, 4) is 0 Å². The summed E-state index contributed by atoms with van der Waals surface area (Å²) in [6, 6.07) is 0. The molecule has 2 fully saturated rings. The number of hydrogen-bond donors (Lipinski definition) is 1. The summed E-state index contributed by atoms with van der Waals surface area (Å²) < 4.78 is 10.6. The fourth-order valence-electron chi connectivity index (χ4n) is 1.73. The van der Waals surface area contributed by atoms with Crippen LogP contribution in [0.5, 0.6) is 0 Å². The molecule has 2 heterocycles. The predicted molar refractivity (Wildman–Crippen MR) is 45.5 cm³/mol. The highest BCUT2D eigenvalue weighted by Gasteiger charge is 2.44. The van der Waals surface area contributed by atoms with Crippen molar-refractivity contribution in [2.24, 2.45) is 0 Å². The van der Waals surface area contributed by atoms with Crippen molar-refractivity contribution in [2.45, 2.75) is 5.60 Å². The van der Waals surface area contributed by atoms with E-state index in [1.165, 1.54) is 0 Å². The third kappa shape index (κ3) is 1.62. The van der Waals surface area contributed by atoms with Crippen molar-refractivity contribution < 1.29 is 14.3 Å². The van der Waals surface area contributed by atoms with Crippen LogP contribution in [0.1, 0.15) is 0 Å². The van der Waals surface area contributed by atoms with Crippen molar-refractivity contribution >= 4 is 6.09 Å². The first-order valence-corrected chi connectivity index (χ1v) is 4.44. The minimum Gasteiger partial charge on any atom is -0.437 e. The minimum absolute atomic E-state index is 0.257. The average molecular weight is 186 g/mol. The molecule has 0 aromatic carbocycles. The summed E-state index contributed by atoms with van der Waals surface area (Å²) in [6.45, 7) is 3.30. The molecule has 13 heavy (non-hydrogen) atoms. The summed E-state index contributed by atoms with van der Waals surface area (Å²) in [5.41, 5.74) is -0.456. The first kappa shape index (κ1) is 8.77. The van der Waals surface area contributed by atoms with Gasteiger partial charge in [-0.15, -0.1) is 0 Å². The number of carbonyl (C=O) groups excluding carboxylic acids is 1. The van der Waals surface area contributed by atoms with Gasteiger partial charge in [-0.2, -0.15) is 0 Å². The SMILES string of the molecule is CN1C[C@]2(CNCCOC2)OC1=O. The number of likely N-dealkylation sites (N-methyl/N-ethyl adjacent to an activating group) is 1. The summed E-state index contributed by atoms with van der Waals surface area (Å²) >= 11 is 0. The van der Waals surface area contributed by atoms with Crippen LogP contribution in [0, 0.1) is 0 Å². The van der Waals surface area contributed by atoms with Crippen molar-refractivity contribution in [3.63, 3.8) is 0 Å². The molecule has 1 amide bonds. The normalized spacial score (nSPS) is 34.8. The van der Waals surface area contributed by atoms with Gasteiger partial charge in [0.05, 0.1) is 19.8 Å². The predicted octanol–water partition coefficient (Wildman–Crippen LogP) is -0.573. The van der Waals surface area contributed by atoms with Gasteiger partial charge in [0.2, 0.25) is 0 Å². The van der Waals surface area contributed by atoms with Crippen molar-refractivity contribution in [2.75, 3.05) is 39.9 Å². The largest absolute Gasteiger partial charge is 0.437 e. The molecular formula is C8H14N2O3. The van der Waals surface area contributed by atoms with Gasteiger partial charge in [0, 0.05) is 20.1 Å². The summed E-state index contributed by atoms with van der Waals surface area (Å²) in [5, 5.41) is 3.19. The Morgan fingerprint density at radius 3 is 3.15 bits per heavy atom. The van der Waals surface area contributed by atoms with Gasteiger partial charge < -0.3 is 19.7 Å². The van der Waals surface area contributed by atoms with Crippen LogP contribution in [0.2, 0.25) is 0 Å². The molecule has 74 valence electrons. The van der Waals surface area contributed by atoms with E-state index in [9.17, 15) is 4.79 Å². The first-order chi connectivity index (χ1) is 6.22. The summed E-state index contributed by atoms with van der Waals surface area (Å²) in [4.78, 5) is 12.8. The van der Waals surface area contributed by atoms with Crippen LogP contribution >= 0.6 is 0 Å². The highest BCUT2D eigenvalue weighted by atomic mass is 16.6. The second-order valence-electron chi connectivity index (χ2n) is 3.64. The monoisotopic (exact) mass is 186 g/mol. The number of carbonyl (C=O) groups is 1. The Labute approximate surface area is 77.0 Å². The van der Waals surface area contributed by atoms with E-state index < -0.39 is 5.60 Å². The molecule has 2 saturated heterocycles. The van der Waals surface area contributed by atoms with Crippen molar-refractivity contribution in [1.29, 1.82) is 0 Å². The molecule has 1 N–H and O–H groups in total. The molecule has 0 aliphatic carbocycles. The van der Waals surface area contributed by atoms with Crippen molar-refractivity contribution in [3.05, 3.63) is 0 Å². The standard InChI is InChI=1S/C8H14N2O3/c1-10-5-8(13-7(10)11)4-9-2-3-12-6-8/h9H,2-6H2,1H3/t8-/m0/s1. The van der Waals surface area contributed by atoms with E-state index in [1.54, 1.807) is 11.9 Å². The number of hydrogen-bond acceptors (Lipinski definition) is 4. The summed E-state index contributed by atoms with van der Waals surface area (Å²) in [7, 11) is 1.74. The Balaban J connectivity index is 2.07. The molecule has 5 nitrogen and oxygen atoms in total. The van der Waals surface area contributed by atoms with Crippen LogP contribution in [0.3, 0.4) is 0 Å². The number of amides is 1. The van der Waals surface area contributed by atoms with Gasteiger partial charge in [0.25, 0.3) is 0 Å². The van der Waals surface area contributed by atoms with E-state index in [0.717, 1.165) is 6.54 Å². The van der Waals surface area contributed by atoms with Gasteiger partial charge in [-0.3, -0.25) is 0 Å². The Kier molecular flexibility index (Phi) is 2.13. The van der Waals surface area contributed by atoms with Crippen LogP contribution in [0.4, 0.5) is 4.79 Å².